The molecule has 0 aromatic carbocycles. The molecule has 0 aliphatic rings. The van der Waals surface area contributed by atoms with Crippen molar-refractivity contribution in [1.29, 1.82) is 0 Å². The molecule has 0 fully saturated rings. The molecule has 0 aliphatic heterocycles. The maximum atomic E-state index is 5.58. The van der Waals surface area contributed by atoms with Crippen molar-refractivity contribution in [3.63, 3.8) is 0 Å². The van der Waals surface area contributed by atoms with Crippen LogP contribution >= 0.6 is 0 Å². The van der Waals surface area contributed by atoms with Gasteiger partial charge in [0.05, 0.1) is 0 Å². The van der Waals surface area contributed by atoms with Crippen LogP contribution in [0.1, 0.15) is 27.2 Å². The predicted octanol–water partition coefficient (Wildman–Crippen LogP) is 3.03. The highest BCUT2D eigenvalue weighted by Gasteiger charge is 2.30. The van der Waals surface area contributed by atoms with Crippen molar-refractivity contribution in [3.8, 4) is 0 Å². The Balaban J connectivity index is 3.94. The molecule has 0 amide bonds. The second-order valence-corrected chi connectivity index (χ2v) is 8.11. The SMILES string of the molecule is CCC[Si](C)(OC)C(C)C. The van der Waals surface area contributed by atoms with E-state index in [0.29, 0.717) is 0 Å². The van der Waals surface area contributed by atoms with Gasteiger partial charge in [-0.3, -0.25) is 0 Å². The summed E-state index contributed by atoms with van der Waals surface area (Å²) in [7, 11) is 0.562. The van der Waals surface area contributed by atoms with Gasteiger partial charge >= 0.3 is 0 Å². The van der Waals surface area contributed by atoms with Gasteiger partial charge < -0.3 is 4.43 Å². The Bertz CT molecular complexity index is 93.3. The van der Waals surface area contributed by atoms with Crippen molar-refractivity contribution in [2.45, 2.75) is 45.3 Å². The second-order valence-electron chi connectivity index (χ2n) is 3.42. The van der Waals surface area contributed by atoms with Crippen LogP contribution in [0.25, 0.3) is 0 Å². The van der Waals surface area contributed by atoms with Crippen molar-refractivity contribution < 1.29 is 4.43 Å². The Kier molecular flexibility index (Phi) is 4.21. The number of hydrogen-bond acceptors (Lipinski definition) is 1. The average molecular weight is 160 g/mol. The van der Waals surface area contributed by atoms with Gasteiger partial charge in [-0.15, -0.1) is 0 Å². The molecule has 0 radical (unpaired) electrons. The van der Waals surface area contributed by atoms with E-state index in [9.17, 15) is 0 Å². The lowest BCUT2D eigenvalue weighted by atomic mass is 10.6. The molecule has 0 saturated heterocycles. The monoisotopic (exact) mass is 160 g/mol. The minimum Gasteiger partial charge on any atom is -0.420 e. The van der Waals surface area contributed by atoms with Crippen molar-refractivity contribution in [1.82, 2.24) is 0 Å². The van der Waals surface area contributed by atoms with E-state index in [2.05, 4.69) is 27.3 Å². The third-order valence-electron chi connectivity index (χ3n) is 2.43. The van der Waals surface area contributed by atoms with Crippen LogP contribution in [-0.4, -0.2) is 15.4 Å². The lowest BCUT2D eigenvalue weighted by molar-refractivity contribution is 0.386. The molecular weight excluding hydrogens is 140 g/mol. The molecule has 0 heterocycles. The number of hydrogen-bond donors (Lipinski definition) is 0. The summed E-state index contributed by atoms with van der Waals surface area (Å²) in [4.78, 5) is 0. The summed E-state index contributed by atoms with van der Waals surface area (Å²) in [6.07, 6.45) is 1.26. The first-order chi connectivity index (χ1) is 4.56. The van der Waals surface area contributed by atoms with E-state index in [1.807, 2.05) is 7.11 Å². The topological polar surface area (TPSA) is 9.23 Å². The van der Waals surface area contributed by atoms with Crippen LogP contribution in [-0.2, 0) is 4.43 Å². The highest BCUT2D eigenvalue weighted by Crippen LogP contribution is 2.26. The largest absolute Gasteiger partial charge is 0.420 e. The second kappa shape index (κ2) is 4.14. The van der Waals surface area contributed by atoms with Gasteiger partial charge in [-0.05, 0) is 18.1 Å². The van der Waals surface area contributed by atoms with E-state index in [4.69, 9.17) is 4.43 Å². The van der Waals surface area contributed by atoms with Gasteiger partial charge in [-0.25, -0.2) is 0 Å². The molecule has 1 unspecified atom stereocenters. The fourth-order valence-corrected chi connectivity index (χ4v) is 3.37. The van der Waals surface area contributed by atoms with E-state index in [-0.39, 0.29) is 0 Å². The van der Waals surface area contributed by atoms with Crippen molar-refractivity contribution in [2.75, 3.05) is 7.11 Å². The van der Waals surface area contributed by atoms with Gasteiger partial charge in [0, 0.05) is 7.11 Å². The van der Waals surface area contributed by atoms with Crippen molar-refractivity contribution in [3.05, 3.63) is 0 Å². The summed E-state index contributed by atoms with van der Waals surface area (Å²) >= 11 is 0. The minimum absolute atomic E-state index is 0.748. The number of rotatable bonds is 4. The molecule has 0 spiro atoms. The summed E-state index contributed by atoms with van der Waals surface area (Å²) in [5.41, 5.74) is 0.748. The van der Waals surface area contributed by atoms with Crippen LogP contribution in [0.15, 0.2) is 0 Å². The third kappa shape index (κ3) is 2.43. The lowest BCUT2D eigenvalue weighted by Gasteiger charge is -2.28. The van der Waals surface area contributed by atoms with Crippen LogP contribution in [0.2, 0.25) is 18.1 Å². The molecule has 1 atom stereocenters. The summed E-state index contributed by atoms with van der Waals surface area (Å²) < 4.78 is 5.58. The van der Waals surface area contributed by atoms with Gasteiger partial charge in [0.15, 0.2) is 8.32 Å². The Morgan fingerprint density at radius 1 is 1.40 bits per heavy atom. The first-order valence-corrected chi connectivity index (χ1v) is 6.81. The zero-order valence-electron chi connectivity index (χ0n) is 7.90. The quantitative estimate of drug-likeness (QED) is 0.574. The molecule has 0 N–H and O–H groups in total. The molecule has 1 nitrogen and oxygen atoms in total. The summed E-state index contributed by atoms with van der Waals surface area (Å²) in [6, 6.07) is 1.29. The molecule has 0 saturated carbocycles. The standard InChI is InChI=1S/C8H20OSi/c1-6-7-10(5,9-4)8(2)3/h8H,6-7H2,1-5H3. The normalized spacial score (nSPS) is 17.4. The molecule has 10 heavy (non-hydrogen) atoms. The molecular formula is C8H20OSi. The lowest BCUT2D eigenvalue weighted by Crippen LogP contribution is -2.36. The first kappa shape index (κ1) is 10.2. The molecule has 0 aromatic heterocycles. The highest BCUT2D eigenvalue weighted by atomic mass is 28.4. The minimum atomic E-state index is -1.30. The maximum absolute atomic E-state index is 5.58. The Hall–Kier alpha value is 0.177. The van der Waals surface area contributed by atoms with Crippen LogP contribution in [0.3, 0.4) is 0 Å². The van der Waals surface area contributed by atoms with Gasteiger partial charge in [0.2, 0.25) is 0 Å². The summed E-state index contributed by atoms with van der Waals surface area (Å²) in [6.45, 7) is 9.09. The van der Waals surface area contributed by atoms with E-state index >= 15 is 0 Å². The van der Waals surface area contributed by atoms with Crippen molar-refractivity contribution >= 4 is 8.32 Å². The third-order valence-corrected chi connectivity index (χ3v) is 7.30. The van der Waals surface area contributed by atoms with E-state index in [1.165, 1.54) is 12.5 Å². The van der Waals surface area contributed by atoms with Crippen LogP contribution in [0, 0.1) is 0 Å². The molecule has 0 rings (SSSR count). The first-order valence-electron chi connectivity index (χ1n) is 4.12. The van der Waals surface area contributed by atoms with Gasteiger partial charge in [0.25, 0.3) is 0 Å². The maximum Gasteiger partial charge on any atom is 0.191 e. The Labute approximate surface area is 65.9 Å². The van der Waals surface area contributed by atoms with E-state index in [1.54, 1.807) is 0 Å². The zero-order valence-corrected chi connectivity index (χ0v) is 8.90. The smallest absolute Gasteiger partial charge is 0.191 e. The fourth-order valence-electron chi connectivity index (χ4n) is 1.12. The summed E-state index contributed by atoms with van der Waals surface area (Å²) in [5, 5.41) is 0. The Morgan fingerprint density at radius 3 is 2.00 bits per heavy atom. The summed E-state index contributed by atoms with van der Waals surface area (Å²) in [5.74, 6) is 0. The molecule has 62 valence electrons. The average Bonchev–Trinajstić information content (AvgIpc) is 1.88. The van der Waals surface area contributed by atoms with E-state index in [0.717, 1.165) is 5.54 Å². The highest BCUT2D eigenvalue weighted by molar-refractivity contribution is 6.73. The van der Waals surface area contributed by atoms with Gasteiger partial charge in [-0.1, -0.05) is 27.2 Å². The molecule has 0 aliphatic carbocycles. The van der Waals surface area contributed by atoms with Crippen LogP contribution < -0.4 is 0 Å². The van der Waals surface area contributed by atoms with Crippen LogP contribution in [0.4, 0.5) is 0 Å². The van der Waals surface area contributed by atoms with Crippen molar-refractivity contribution in [2.24, 2.45) is 0 Å². The molecule has 0 aromatic rings. The predicted molar refractivity (Wildman–Crippen MR) is 48.8 cm³/mol. The van der Waals surface area contributed by atoms with Crippen LogP contribution in [0.5, 0.6) is 0 Å². The van der Waals surface area contributed by atoms with Gasteiger partial charge in [0.1, 0.15) is 0 Å². The Morgan fingerprint density at radius 2 is 1.90 bits per heavy atom. The van der Waals surface area contributed by atoms with E-state index < -0.39 is 8.32 Å². The van der Waals surface area contributed by atoms with Gasteiger partial charge in [-0.2, -0.15) is 0 Å². The molecule has 2 heteroatoms. The fraction of sp³-hybridized carbons (Fsp3) is 1.00. The zero-order chi connectivity index (χ0) is 8.20. The molecule has 0 bridgehead atoms.